The Labute approximate surface area is 202 Å². The molecule has 34 heavy (non-hydrogen) atoms. The fourth-order valence-electron chi connectivity index (χ4n) is 4.04. The number of aromatic nitrogens is 7. The first-order valence-electron chi connectivity index (χ1n) is 11.7. The number of rotatable bonds is 10. The van der Waals surface area contributed by atoms with Crippen LogP contribution in [-0.2, 0) is 25.8 Å². The first kappa shape index (κ1) is 22.2. The molecule has 0 saturated heterocycles. The minimum Gasteiger partial charge on any atom is -0.245 e. The van der Waals surface area contributed by atoms with Crippen molar-refractivity contribution < 1.29 is 0 Å². The number of nitrogens with one attached hydrogen (secondary N) is 1. The van der Waals surface area contributed by atoms with Gasteiger partial charge in [-0.3, -0.25) is 0 Å². The van der Waals surface area contributed by atoms with Crippen molar-refractivity contribution in [1.29, 1.82) is 0 Å². The van der Waals surface area contributed by atoms with Crippen LogP contribution in [0.15, 0.2) is 66.0 Å². The summed E-state index contributed by atoms with van der Waals surface area (Å²) in [4.78, 5) is 6.26. The topological polar surface area (TPSA) is 85.2 Å². The van der Waals surface area contributed by atoms with Gasteiger partial charge in [-0.1, -0.05) is 67.9 Å². The number of benzene rings is 2. The second-order valence-electron chi connectivity index (χ2n) is 8.26. The highest BCUT2D eigenvalue weighted by Crippen LogP contribution is 2.29. The van der Waals surface area contributed by atoms with Crippen LogP contribution in [0.3, 0.4) is 0 Å². The van der Waals surface area contributed by atoms with Gasteiger partial charge in [0.25, 0.3) is 0 Å². The Balaban J connectivity index is 1.34. The van der Waals surface area contributed by atoms with Gasteiger partial charge in [0.05, 0.1) is 6.54 Å². The van der Waals surface area contributed by atoms with Crippen LogP contribution in [0.2, 0.25) is 0 Å². The van der Waals surface area contributed by atoms with Crippen LogP contribution in [0.1, 0.15) is 41.9 Å². The lowest BCUT2D eigenvalue weighted by Crippen LogP contribution is -2.07. The molecular formula is C26H27N7S. The molecule has 0 aliphatic carbocycles. The minimum atomic E-state index is 0.595. The van der Waals surface area contributed by atoms with Gasteiger partial charge in [0, 0.05) is 23.3 Å². The largest absolute Gasteiger partial charge is 0.245 e. The van der Waals surface area contributed by atoms with E-state index in [9.17, 15) is 0 Å². The number of H-pyrrole nitrogens is 1. The molecule has 5 aromatic rings. The smallest absolute Gasteiger partial charge is 0.205 e. The van der Waals surface area contributed by atoms with Crippen LogP contribution in [0.5, 0.6) is 0 Å². The Morgan fingerprint density at radius 3 is 2.50 bits per heavy atom. The molecule has 1 N–H and O–H groups in total. The Bertz CT molecular complexity index is 1310. The van der Waals surface area contributed by atoms with Crippen molar-refractivity contribution in [1.82, 2.24) is 35.4 Å². The summed E-state index contributed by atoms with van der Waals surface area (Å²) in [6, 6.07) is 21.0. The molecule has 0 saturated carbocycles. The van der Waals surface area contributed by atoms with Gasteiger partial charge < -0.3 is 0 Å². The van der Waals surface area contributed by atoms with E-state index in [1.165, 1.54) is 10.4 Å². The highest BCUT2D eigenvalue weighted by molar-refractivity contribution is 7.09. The van der Waals surface area contributed by atoms with E-state index in [1.54, 1.807) is 11.3 Å². The molecule has 0 aliphatic rings. The fourth-order valence-corrected chi connectivity index (χ4v) is 4.75. The third-order valence-electron chi connectivity index (χ3n) is 5.83. The number of tetrazole rings is 1. The molecule has 3 aromatic heterocycles. The average Bonchev–Trinajstić information content (AvgIpc) is 3.65. The van der Waals surface area contributed by atoms with Crippen molar-refractivity contribution in [3.05, 3.63) is 88.1 Å². The molecule has 0 atom stereocenters. The van der Waals surface area contributed by atoms with Gasteiger partial charge >= 0.3 is 0 Å². The molecule has 5 rings (SSSR count). The van der Waals surface area contributed by atoms with Gasteiger partial charge in [-0.25, -0.2) is 9.67 Å². The molecule has 0 bridgehead atoms. The molecule has 0 fully saturated rings. The average molecular weight is 470 g/mol. The molecule has 8 heteroatoms. The Morgan fingerprint density at radius 1 is 0.912 bits per heavy atom. The van der Waals surface area contributed by atoms with E-state index in [0.717, 1.165) is 67.0 Å². The van der Waals surface area contributed by atoms with Gasteiger partial charge in [-0.05, 0) is 46.2 Å². The van der Waals surface area contributed by atoms with E-state index < -0.39 is 0 Å². The van der Waals surface area contributed by atoms with Crippen LogP contribution >= 0.6 is 11.3 Å². The van der Waals surface area contributed by atoms with E-state index in [0.29, 0.717) is 5.82 Å². The first-order chi connectivity index (χ1) is 16.8. The minimum absolute atomic E-state index is 0.595. The zero-order valence-corrected chi connectivity index (χ0v) is 20.0. The maximum Gasteiger partial charge on any atom is 0.205 e. The van der Waals surface area contributed by atoms with Crippen LogP contribution < -0.4 is 0 Å². The third-order valence-corrected chi connectivity index (χ3v) is 6.77. The lowest BCUT2D eigenvalue weighted by molar-refractivity contribution is 0.614. The number of unbranched alkanes of at least 4 members (excludes halogenated alkanes) is 1. The number of hydrogen-bond donors (Lipinski definition) is 1. The van der Waals surface area contributed by atoms with Gasteiger partial charge in [-0.2, -0.15) is 10.3 Å². The summed E-state index contributed by atoms with van der Waals surface area (Å²) in [5.74, 6) is 2.61. The molecule has 0 spiro atoms. The molecule has 7 nitrogen and oxygen atoms in total. The number of aromatic amines is 1. The Kier molecular flexibility index (Phi) is 6.86. The van der Waals surface area contributed by atoms with Gasteiger partial charge in [0.15, 0.2) is 5.82 Å². The summed E-state index contributed by atoms with van der Waals surface area (Å²) < 4.78 is 2.09. The highest BCUT2D eigenvalue weighted by atomic mass is 32.1. The van der Waals surface area contributed by atoms with E-state index in [4.69, 9.17) is 10.1 Å². The highest BCUT2D eigenvalue weighted by Gasteiger charge is 2.13. The van der Waals surface area contributed by atoms with Gasteiger partial charge in [0.1, 0.15) is 5.82 Å². The molecular weight excluding hydrogens is 442 g/mol. The zero-order valence-electron chi connectivity index (χ0n) is 19.2. The fraction of sp³-hybridized carbons (Fsp3) is 0.269. The van der Waals surface area contributed by atoms with Crippen LogP contribution in [0.4, 0.5) is 0 Å². The van der Waals surface area contributed by atoms with Crippen LogP contribution in [-0.4, -0.2) is 35.4 Å². The molecule has 0 amide bonds. The number of nitrogens with zero attached hydrogens (tertiary/aromatic N) is 6. The first-order valence-corrected chi connectivity index (χ1v) is 12.5. The molecule has 0 radical (unpaired) electrons. The summed E-state index contributed by atoms with van der Waals surface area (Å²) in [5, 5.41) is 21.5. The summed E-state index contributed by atoms with van der Waals surface area (Å²) in [6.45, 7) is 2.93. The van der Waals surface area contributed by atoms with Gasteiger partial charge in [-0.15, -0.1) is 21.5 Å². The van der Waals surface area contributed by atoms with E-state index in [1.807, 2.05) is 18.2 Å². The Morgan fingerprint density at radius 2 is 1.76 bits per heavy atom. The number of thiophene rings is 1. The molecule has 2 aromatic carbocycles. The maximum atomic E-state index is 4.88. The summed E-state index contributed by atoms with van der Waals surface area (Å²) in [7, 11) is 0. The van der Waals surface area contributed by atoms with Gasteiger partial charge in [0.2, 0.25) is 5.82 Å². The van der Waals surface area contributed by atoms with Crippen LogP contribution in [0, 0.1) is 0 Å². The molecule has 0 aliphatic heterocycles. The summed E-state index contributed by atoms with van der Waals surface area (Å²) in [5.41, 5.74) is 4.35. The standard InChI is InChI=1S/C26H27N7S/c1-2-3-10-25-27-24(16-15-21-7-6-17-34-21)30-33(25)18-19-11-13-20(14-12-19)22-8-4-5-9-23(22)26-28-31-32-29-26/h4-9,11-14,17H,2-3,10,15-16,18H2,1H3,(H,28,29,31,32). The monoisotopic (exact) mass is 469 g/mol. The van der Waals surface area contributed by atoms with E-state index in [2.05, 4.69) is 80.1 Å². The predicted molar refractivity (Wildman–Crippen MR) is 135 cm³/mol. The predicted octanol–water partition coefficient (Wildman–Crippen LogP) is 5.36. The quantitative estimate of drug-likeness (QED) is 0.297. The molecule has 0 unspecified atom stereocenters. The summed E-state index contributed by atoms with van der Waals surface area (Å²) >= 11 is 1.79. The number of hydrogen-bond acceptors (Lipinski definition) is 6. The molecule has 3 heterocycles. The number of aryl methyl sites for hydroxylation is 3. The van der Waals surface area contributed by atoms with E-state index in [-0.39, 0.29) is 0 Å². The summed E-state index contributed by atoms with van der Waals surface area (Å²) in [6.07, 6.45) is 5.08. The maximum absolute atomic E-state index is 4.88. The van der Waals surface area contributed by atoms with Crippen molar-refractivity contribution in [2.45, 2.75) is 45.6 Å². The van der Waals surface area contributed by atoms with Crippen molar-refractivity contribution in [3.8, 4) is 22.5 Å². The molecule has 172 valence electrons. The van der Waals surface area contributed by atoms with E-state index >= 15 is 0 Å². The lowest BCUT2D eigenvalue weighted by Gasteiger charge is -2.09. The van der Waals surface area contributed by atoms with Crippen molar-refractivity contribution in [2.75, 3.05) is 0 Å². The van der Waals surface area contributed by atoms with Crippen molar-refractivity contribution >= 4 is 11.3 Å². The zero-order chi connectivity index (χ0) is 23.2. The normalized spacial score (nSPS) is 11.2. The second kappa shape index (κ2) is 10.5. The van der Waals surface area contributed by atoms with Crippen molar-refractivity contribution in [3.63, 3.8) is 0 Å². The SMILES string of the molecule is CCCCc1nc(CCc2cccs2)nn1Cc1ccc(-c2ccccc2-c2nn[nH]n2)cc1. The third kappa shape index (κ3) is 5.12. The Hall–Kier alpha value is -3.65. The van der Waals surface area contributed by atoms with Crippen molar-refractivity contribution in [2.24, 2.45) is 0 Å². The lowest BCUT2D eigenvalue weighted by atomic mass is 9.98. The second-order valence-corrected chi connectivity index (χ2v) is 9.29. The van der Waals surface area contributed by atoms with Crippen LogP contribution in [0.25, 0.3) is 22.5 Å².